The highest BCUT2D eigenvalue weighted by molar-refractivity contribution is 5.95. The first kappa shape index (κ1) is 16.1. The first-order chi connectivity index (χ1) is 11.6. The number of benzene rings is 1. The Balaban J connectivity index is 1.54. The van der Waals surface area contributed by atoms with E-state index in [1.165, 1.54) is 0 Å². The molecule has 6 heteroatoms. The maximum Gasteiger partial charge on any atom is 0.315 e. The van der Waals surface area contributed by atoms with Crippen molar-refractivity contribution in [2.75, 3.05) is 11.4 Å². The molecule has 3 amide bonds. The van der Waals surface area contributed by atoms with Crippen molar-refractivity contribution in [3.63, 3.8) is 0 Å². The third-order valence-corrected chi connectivity index (χ3v) is 4.07. The van der Waals surface area contributed by atoms with Crippen molar-refractivity contribution in [1.82, 2.24) is 10.6 Å². The van der Waals surface area contributed by atoms with Crippen molar-refractivity contribution in [1.29, 1.82) is 0 Å². The Bertz CT molecular complexity index is 712. The molecule has 1 saturated heterocycles. The zero-order valence-electron chi connectivity index (χ0n) is 13.6. The van der Waals surface area contributed by atoms with Crippen LogP contribution in [0.2, 0.25) is 0 Å². The summed E-state index contributed by atoms with van der Waals surface area (Å²) in [6.45, 7) is 3.02. The molecule has 1 atom stereocenters. The Labute approximate surface area is 140 Å². The van der Waals surface area contributed by atoms with E-state index in [2.05, 4.69) is 10.6 Å². The van der Waals surface area contributed by atoms with E-state index in [9.17, 15) is 9.59 Å². The Morgan fingerprint density at radius 1 is 1.33 bits per heavy atom. The smallest absolute Gasteiger partial charge is 0.315 e. The van der Waals surface area contributed by atoms with Gasteiger partial charge in [-0.05, 0) is 43.2 Å². The summed E-state index contributed by atoms with van der Waals surface area (Å²) in [5.74, 6) is 0.866. The van der Waals surface area contributed by atoms with Crippen molar-refractivity contribution in [3.8, 4) is 0 Å². The second-order valence-corrected chi connectivity index (χ2v) is 5.88. The van der Waals surface area contributed by atoms with Crippen LogP contribution < -0.4 is 15.5 Å². The van der Waals surface area contributed by atoms with E-state index >= 15 is 0 Å². The molecule has 1 aromatic heterocycles. The zero-order chi connectivity index (χ0) is 16.9. The molecule has 6 nitrogen and oxygen atoms in total. The average Bonchev–Trinajstić information content (AvgIpc) is 3.24. The summed E-state index contributed by atoms with van der Waals surface area (Å²) in [6.07, 6.45) is 3.08. The first-order valence-electron chi connectivity index (χ1n) is 8.10. The quantitative estimate of drug-likeness (QED) is 0.886. The maximum atomic E-state index is 12.0. The number of anilines is 1. The number of hydrogen-bond acceptors (Lipinski definition) is 3. The van der Waals surface area contributed by atoms with E-state index in [0.717, 1.165) is 24.2 Å². The largest absolute Gasteiger partial charge is 0.467 e. The van der Waals surface area contributed by atoms with Crippen LogP contribution in [0.4, 0.5) is 10.5 Å². The van der Waals surface area contributed by atoms with Gasteiger partial charge in [-0.3, -0.25) is 4.79 Å². The molecule has 1 aliphatic heterocycles. The lowest BCUT2D eigenvalue weighted by Crippen LogP contribution is -2.36. The molecule has 126 valence electrons. The Kier molecular flexibility index (Phi) is 4.84. The first-order valence-corrected chi connectivity index (χ1v) is 8.10. The van der Waals surface area contributed by atoms with Gasteiger partial charge in [-0.25, -0.2) is 4.79 Å². The molecule has 0 radical (unpaired) electrons. The predicted octanol–water partition coefficient (Wildman–Crippen LogP) is 2.97. The van der Waals surface area contributed by atoms with Crippen molar-refractivity contribution in [2.45, 2.75) is 32.4 Å². The predicted molar refractivity (Wildman–Crippen MR) is 90.5 cm³/mol. The molecule has 0 unspecified atom stereocenters. The van der Waals surface area contributed by atoms with E-state index < -0.39 is 0 Å². The fourth-order valence-corrected chi connectivity index (χ4v) is 2.79. The number of rotatable bonds is 5. The number of carbonyl (C=O) groups excluding carboxylic acids is 2. The molecule has 2 heterocycles. The van der Waals surface area contributed by atoms with E-state index in [0.29, 0.717) is 18.7 Å². The summed E-state index contributed by atoms with van der Waals surface area (Å²) in [4.78, 5) is 25.6. The maximum absolute atomic E-state index is 12.0. The number of furan rings is 1. The van der Waals surface area contributed by atoms with E-state index in [4.69, 9.17) is 4.42 Å². The van der Waals surface area contributed by atoms with Crippen LogP contribution >= 0.6 is 0 Å². The Morgan fingerprint density at radius 2 is 2.21 bits per heavy atom. The lowest BCUT2D eigenvalue weighted by Gasteiger charge is -2.17. The van der Waals surface area contributed by atoms with Crippen molar-refractivity contribution >= 4 is 17.6 Å². The molecule has 3 rings (SSSR count). The second kappa shape index (κ2) is 7.21. The second-order valence-electron chi connectivity index (χ2n) is 5.88. The molecule has 24 heavy (non-hydrogen) atoms. The summed E-state index contributed by atoms with van der Waals surface area (Å²) in [5, 5.41) is 5.65. The lowest BCUT2D eigenvalue weighted by atomic mass is 10.2. The highest BCUT2D eigenvalue weighted by atomic mass is 16.3. The van der Waals surface area contributed by atoms with Crippen molar-refractivity contribution < 1.29 is 14.0 Å². The number of amides is 3. The molecular weight excluding hydrogens is 306 g/mol. The third-order valence-electron chi connectivity index (χ3n) is 4.07. The summed E-state index contributed by atoms with van der Waals surface area (Å²) < 4.78 is 5.26. The Hall–Kier alpha value is -2.76. The summed E-state index contributed by atoms with van der Waals surface area (Å²) in [6, 6.07) is 10.8. The van der Waals surface area contributed by atoms with Crippen LogP contribution in [0.15, 0.2) is 47.1 Å². The van der Waals surface area contributed by atoms with Gasteiger partial charge in [0.25, 0.3) is 0 Å². The molecule has 1 aromatic carbocycles. The van der Waals surface area contributed by atoms with Crippen molar-refractivity contribution in [2.24, 2.45) is 0 Å². The third kappa shape index (κ3) is 3.76. The fourth-order valence-electron chi connectivity index (χ4n) is 2.79. The molecule has 2 aromatic rings. The van der Waals surface area contributed by atoms with Gasteiger partial charge in [-0.2, -0.15) is 0 Å². The van der Waals surface area contributed by atoms with Gasteiger partial charge in [0, 0.05) is 25.2 Å². The minimum absolute atomic E-state index is 0.158. The summed E-state index contributed by atoms with van der Waals surface area (Å²) in [5.41, 5.74) is 1.84. The Morgan fingerprint density at radius 3 is 2.92 bits per heavy atom. The number of urea groups is 1. The normalized spacial score (nSPS) is 15.4. The van der Waals surface area contributed by atoms with Crippen molar-refractivity contribution in [3.05, 3.63) is 54.0 Å². The molecule has 0 aliphatic carbocycles. The van der Waals surface area contributed by atoms with Gasteiger partial charge < -0.3 is 20.0 Å². The molecular formula is C18H21N3O3. The van der Waals surface area contributed by atoms with Gasteiger partial charge in [0.15, 0.2) is 0 Å². The van der Waals surface area contributed by atoms with Gasteiger partial charge in [-0.1, -0.05) is 12.1 Å². The van der Waals surface area contributed by atoms with Crippen LogP contribution in [0.1, 0.15) is 37.1 Å². The molecule has 1 fully saturated rings. The van der Waals surface area contributed by atoms with Crippen LogP contribution in [0.5, 0.6) is 0 Å². The molecule has 1 aliphatic rings. The van der Waals surface area contributed by atoms with E-state index in [-0.39, 0.29) is 18.0 Å². The van der Waals surface area contributed by atoms with Crippen LogP contribution in [-0.4, -0.2) is 18.5 Å². The van der Waals surface area contributed by atoms with Gasteiger partial charge in [0.1, 0.15) is 5.76 Å². The number of carbonyl (C=O) groups is 2. The highest BCUT2D eigenvalue weighted by Crippen LogP contribution is 2.22. The van der Waals surface area contributed by atoms with Gasteiger partial charge in [-0.15, -0.1) is 0 Å². The SMILES string of the molecule is C[C@H](NC(=O)NCc1cccc(N2CCCC2=O)c1)c1ccco1. The van der Waals surface area contributed by atoms with Gasteiger partial charge in [0.2, 0.25) is 5.91 Å². The number of nitrogens with zero attached hydrogens (tertiary/aromatic N) is 1. The van der Waals surface area contributed by atoms with Crippen LogP contribution in [-0.2, 0) is 11.3 Å². The number of hydrogen-bond donors (Lipinski definition) is 2. The zero-order valence-corrected chi connectivity index (χ0v) is 13.6. The summed E-state index contributed by atoms with van der Waals surface area (Å²) >= 11 is 0. The highest BCUT2D eigenvalue weighted by Gasteiger charge is 2.21. The standard InChI is InChI=1S/C18H21N3O3/c1-13(16-7-4-10-24-16)20-18(23)19-12-14-5-2-6-15(11-14)21-9-3-8-17(21)22/h2,4-7,10-11,13H,3,8-9,12H2,1H3,(H2,19,20,23)/t13-/m0/s1. The monoisotopic (exact) mass is 327 g/mol. The minimum Gasteiger partial charge on any atom is -0.467 e. The number of nitrogens with one attached hydrogen (secondary N) is 2. The summed E-state index contributed by atoms with van der Waals surface area (Å²) in [7, 11) is 0. The van der Waals surface area contributed by atoms with Crippen LogP contribution in [0.3, 0.4) is 0 Å². The van der Waals surface area contributed by atoms with E-state index in [1.807, 2.05) is 37.3 Å². The lowest BCUT2D eigenvalue weighted by molar-refractivity contribution is -0.117. The topological polar surface area (TPSA) is 74.6 Å². The van der Waals surface area contributed by atoms with Crippen LogP contribution in [0.25, 0.3) is 0 Å². The molecule has 0 bridgehead atoms. The fraction of sp³-hybridized carbons (Fsp3) is 0.333. The minimum atomic E-state index is -0.262. The van der Waals surface area contributed by atoms with Crippen LogP contribution in [0, 0.1) is 0 Å². The van der Waals surface area contributed by atoms with Gasteiger partial charge in [0.05, 0.1) is 12.3 Å². The molecule has 0 spiro atoms. The molecule has 0 saturated carbocycles. The van der Waals surface area contributed by atoms with Gasteiger partial charge >= 0.3 is 6.03 Å². The molecule has 2 N–H and O–H groups in total. The van der Waals surface area contributed by atoms with E-state index in [1.54, 1.807) is 17.2 Å². The average molecular weight is 327 g/mol.